The highest BCUT2D eigenvalue weighted by Crippen LogP contribution is 2.33. The molecule has 0 bridgehead atoms. The van der Waals surface area contributed by atoms with Crippen LogP contribution >= 0.6 is 0 Å². The number of hydrogen-bond donors (Lipinski definition) is 1. The van der Waals surface area contributed by atoms with Gasteiger partial charge in [-0.2, -0.15) is 0 Å². The first-order chi connectivity index (χ1) is 11.1. The van der Waals surface area contributed by atoms with Crippen LogP contribution in [-0.4, -0.2) is 17.0 Å². The average molecular weight is 318 g/mol. The molecule has 126 valence electrons. The van der Waals surface area contributed by atoms with Crippen LogP contribution in [0, 0.1) is 11.8 Å². The minimum absolute atomic E-state index is 0.0171. The fourth-order valence-electron chi connectivity index (χ4n) is 3.23. The van der Waals surface area contributed by atoms with Gasteiger partial charge in [0.05, 0.1) is 11.5 Å². The molecule has 1 aliphatic carbocycles. The molecule has 1 aromatic rings. The number of esters is 1. The van der Waals surface area contributed by atoms with Gasteiger partial charge in [0.1, 0.15) is 5.75 Å². The first-order valence-electron chi connectivity index (χ1n) is 8.65. The summed E-state index contributed by atoms with van der Waals surface area (Å²) in [6.45, 7) is 2.22. The van der Waals surface area contributed by atoms with Crippen LogP contribution in [0.15, 0.2) is 24.3 Å². The third-order valence-electron chi connectivity index (χ3n) is 4.72. The monoisotopic (exact) mass is 318 g/mol. The third-order valence-corrected chi connectivity index (χ3v) is 4.72. The smallest absolute Gasteiger partial charge is 0.335 e. The van der Waals surface area contributed by atoms with Gasteiger partial charge in [0.2, 0.25) is 0 Å². The zero-order valence-electron chi connectivity index (χ0n) is 13.8. The number of carbonyl (C=O) groups is 2. The van der Waals surface area contributed by atoms with Crippen molar-refractivity contribution in [2.75, 3.05) is 0 Å². The Morgan fingerprint density at radius 3 is 2.30 bits per heavy atom. The minimum atomic E-state index is -0.982. The molecule has 0 spiro atoms. The van der Waals surface area contributed by atoms with Crippen molar-refractivity contribution in [3.8, 4) is 5.75 Å². The summed E-state index contributed by atoms with van der Waals surface area (Å²) in [6.07, 6.45) is 9.17. The lowest BCUT2D eigenvalue weighted by Crippen LogP contribution is -2.25. The predicted molar refractivity (Wildman–Crippen MR) is 88.6 cm³/mol. The van der Waals surface area contributed by atoms with Gasteiger partial charge in [-0.05, 0) is 55.9 Å². The Balaban J connectivity index is 1.77. The van der Waals surface area contributed by atoms with Crippen LogP contribution in [0.5, 0.6) is 5.75 Å². The van der Waals surface area contributed by atoms with E-state index in [0.717, 1.165) is 31.6 Å². The van der Waals surface area contributed by atoms with E-state index in [4.69, 9.17) is 9.84 Å². The van der Waals surface area contributed by atoms with Gasteiger partial charge >= 0.3 is 11.9 Å². The quantitative estimate of drug-likeness (QED) is 0.450. The SMILES string of the molecule is CCCCCC1CCC(C(=O)Oc2ccc(C(=O)O)cc2)CC1. The number of rotatable bonds is 7. The number of hydrogen-bond acceptors (Lipinski definition) is 3. The molecule has 2 rings (SSSR count). The van der Waals surface area contributed by atoms with Gasteiger partial charge in [-0.15, -0.1) is 0 Å². The highest BCUT2D eigenvalue weighted by atomic mass is 16.5. The predicted octanol–water partition coefficient (Wildman–Crippen LogP) is 4.68. The van der Waals surface area contributed by atoms with E-state index in [9.17, 15) is 9.59 Å². The molecule has 1 fully saturated rings. The summed E-state index contributed by atoms with van der Waals surface area (Å²) in [6, 6.07) is 5.99. The van der Waals surface area contributed by atoms with Crippen molar-refractivity contribution < 1.29 is 19.4 Å². The molecule has 1 aromatic carbocycles. The van der Waals surface area contributed by atoms with E-state index in [1.807, 2.05) is 0 Å². The van der Waals surface area contributed by atoms with Crippen LogP contribution in [0.25, 0.3) is 0 Å². The molecule has 0 aliphatic heterocycles. The maximum Gasteiger partial charge on any atom is 0.335 e. The topological polar surface area (TPSA) is 63.6 Å². The number of unbranched alkanes of at least 4 members (excludes halogenated alkanes) is 2. The lowest BCUT2D eigenvalue weighted by molar-refractivity contribution is -0.140. The van der Waals surface area contributed by atoms with Gasteiger partial charge in [0.15, 0.2) is 0 Å². The van der Waals surface area contributed by atoms with Crippen LogP contribution in [-0.2, 0) is 4.79 Å². The second kappa shape index (κ2) is 8.70. The Hall–Kier alpha value is -1.84. The number of carbonyl (C=O) groups excluding carboxylic acids is 1. The number of aromatic carboxylic acids is 1. The van der Waals surface area contributed by atoms with Gasteiger partial charge in [-0.25, -0.2) is 4.79 Å². The molecule has 0 atom stereocenters. The molecule has 4 nitrogen and oxygen atoms in total. The van der Waals surface area contributed by atoms with Crippen molar-refractivity contribution in [2.24, 2.45) is 11.8 Å². The van der Waals surface area contributed by atoms with Crippen molar-refractivity contribution in [3.05, 3.63) is 29.8 Å². The third kappa shape index (κ3) is 5.38. The zero-order valence-corrected chi connectivity index (χ0v) is 13.8. The normalized spacial score (nSPS) is 20.9. The molecule has 0 amide bonds. The van der Waals surface area contributed by atoms with Crippen molar-refractivity contribution in [1.82, 2.24) is 0 Å². The fraction of sp³-hybridized carbons (Fsp3) is 0.579. The van der Waals surface area contributed by atoms with E-state index in [1.54, 1.807) is 0 Å². The van der Waals surface area contributed by atoms with E-state index < -0.39 is 5.97 Å². The maximum absolute atomic E-state index is 12.2. The second-order valence-electron chi connectivity index (χ2n) is 6.46. The highest BCUT2D eigenvalue weighted by molar-refractivity contribution is 5.87. The van der Waals surface area contributed by atoms with Crippen molar-refractivity contribution >= 4 is 11.9 Å². The van der Waals surface area contributed by atoms with Gasteiger partial charge < -0.3 is 9.84 Å². The zero-order chi connectivity index (χ0) is 16.7. The molecule has 0 radical (unpaired) electrons. The number of carboxylic acid groups (broad SMARTS) is 1. The van der Waals surface area contributed by atoms with Crippen LogP contribution < -0.4 is 4.74 Å². The summed E-state index contributed by atoms with van der Waals surface area (Å²) in [4.78, 5) is 23.0. The Kier molecular flexibility index (Phi) is 6.63. The van der Waals surface area contributed by atoms with Gasteiger partial charge in [-0.1, -0.05) is 32.6 Å². The van der Waals surface area contributed by atoms with E-state index in [1.165, 1.54) is 49.9 Å². The first kappa shape index (κ1) is 17.5. The number of benzene rings is 1. The molecule has 4 heteroatoms. The molecular formula is C19H26O4. The van der Waals surface area contributed by atoms with Crippen LogP contribution in [0.3, 0.4) is 0 Å². The molecule has 1 N–H and O–H groups in total. The van der Waals surface area contributed by atoms with Gasteiger partial charge in [-0.3, -0.25) is 4.79 Å². The maximum atomic E-state index is 12.2. The standard InChI is InChI=1S/C19H26O4/c1-2-3-4-5-14-6-8-16(9-7-14)19(22)23-17-12-10-15(11-13-17)18(20)21/h10-14,16H,2-9H2,1H3,(H,20,21). The van der Waals surface area contributed by atoms with Crippen LogP contribution in [0.1, 0.15) is 68.6 Å². The largest absolute Gasteiger partial charge is 0.478 e. The molecule has 0 unspecified atom stereocenters. The van der Waals surface area contributed by atoms with Gasteiger partial charge in [0.25, 0.3) is 0 Å². The molecule has 0 aromatic heterocycles. The first-order valence-corrected chi connectivity index (χ1v) is 8.65. The Labute approximate surface area is 137 Å². The minimum Gasteiger partial charge on any atom is -0.478 e. The van der Waals surface area contributed by atoms with Crippen molar-refractivity contribution in [2.45, 2.75) is 58.3 Å². The summed E-state index contributed by atoms with van der Waals surface area (Å²) in [5.41, 5.74) is 0.192. The summed E-state index contributed by atoms with van der Waals surface area (Å²) in [7, 11) is 0. The van der Waals surface area contributed by atoms with Gasteiger partial charge in [0, 0.05) is 0 Å². The molecule has 1 saturated carbocycles. The lowest BCUT2D eigenvalue weighted by atomic mass is 9.80. The highest BCUT2D eigenvalue weighted by Gasteiger charge is 2.27. The Morgan fingerprint density at radius 1 is 1.09 bits per heavy atom. The second-order valence-corrected chi connectivity index (χ2v) is 6.46. The van der Waals surface area contributed by atoms with E-state index in [2.05, 4.69) is 6.92 Å². The summed E-state index contributed by atoms with van der Waals surface area (Å²) < 4.78 is 5.39. The summed E-state index contributed by atoms with van der Waals surface area (Å²) in [5, 5.41) is 8.86. The molecule has 23 heavy (non-hydrogen) atoms. The summed E-state index contributed by atoms with van der Waals surface area (Å²) >= 11 is 0. The lowest BCUT2D eigenvalue weighted by Gasteiger charge is -2.27. The van der Waals surface area contributed by atoms with Crippen molar-refractivity contribution in [1.29, 1.82) is 0 Å². The molecule has 1 aliphatic rings. The van der Waals surface area contributed by atoms with E-state index in [0.29, 0.717) is 5.75 Å². The van der Waals surface area contributed by atoms with E-state index >= 15 is 0 Å². The average Bonchev–Trinajstić information content (AvgIpc) is 2.56. The van der Waals surface area contributed by atoms with E-state index in [-0.39, 0.29) is 17.5 Å². The fourth-order valence-corrected chi connectivity index (χ4v) is 3.23. The van der Waals surface area contributed by atoms with Crippen LogP contribution in [0.2, 0.25) is 0 Å². The number of ether oxygens (including phenoxy) is 1. The van der Waals surface area contributed by atoms with Crippen molar-refractivity contribution in [3.63, 3.8) is 0 Å². The van der Waals surface area contributed by atoms with Crippen LogP contribution in [0.4, 0.5) is 0 Å². The molecular weight excluding hydrogens is 292 g/mol. The Bertz CT molecular complexity index is 513. The number of carboxylic acids is 1. The molecule has 0 heterocycles. The summed E-state index contributed by atoms with van der Waals surface area (Å²) in [5.74, 6) is 0.00597. The Morgan fingerprint density at radius 2 is 1.74 bits per heavy atom. The molecule has 0 saturated heterocycles.